The summed E-state index contributed by atoms with van der Waals surface area (Å²) < 4.78 is 53.9. The summed E-state index contributed by atoms with van der Waals surface area (Å²) in [7, 11) is -4.37. The molecule has 154 valence electrons. The molecule has 10 heteroatoms. The van der Waals surface area contributed by atoms with Crippen molar-refractivity contribution in [3.8, 4) is 0 Å². The van der Waals surface area contributed by atoms with Crippen molar-refractivity contribution in [2.24, 2.45) is 0 Å². The second-order valence-corrected chi connectivity index (χ2v) is 8.34. The molecule has 1 amide bonds. The van der Waals surface area contributed by atoms with E-state index in [1.807, 2.05) is 0 Å². The van der Waals surface area contributed by atoms with E-state index in [2.05, 4.69) is 5.32 Å². The van der Waals surface area contributed by atoms with Gasteiger partial charge in [-0.15, -0.1) is 0 Å². The maximum absolute atomic E-state index is 13.6. The molecule has 0 aliphatic carbocycles. The average Bonchev–Trinajstić information content (AvgIpc) is 2.68. The van der Waals surface area contributed by atoms with Crippen molar-refractivity contribution in [3.63, 3.8) is 0 Å². The Hall–Kier alpha value is -2.85. The van der Waals surface area contributed by atoms with E-state index in [0.29, 0.717) is 28.9 Å². The summed E-state index contributed by atoms with van der Waals surface area (Å²) in [4.78, 5) is 23.7. The Bertz CT molecular complexity index is 1090. The van der Waals surface area contributed by atoms with Crippen LogP contribution in [0.15, 0.2) is 41.3 Å². The van der Waals surface area contributed by atoms with Crippen LogP contribution in [0, 0.1) is 11.6 Å². The van der Waals surface area contributed by atoms with E-state index in [4.69, 9.17) is 0 Å². The first-order valence-corrected chi connectivity index (χ1v) is 10.2. The van der Waals surface area contributed by atoms with Gasteiger partial charge in [-0.2, -0.15) is 4.31 Å². The van der Waals surface area contributed by atoms with Crippen molar-refractivity contribution in [2.75, 3.05) is 13.1 Å². The van der Waals surface area contributed by atoms with Gasteiger partial charge in [0.05, 0.1) is 4.90 Å². The molecule has 0 fully saturated rings. The monoisotopic (exact) mass is 424 g/mol. The third kappa shape index (κ3) is 3.85. The number of likely N-dealkylation sites (N-methyl/N-ethyl adjacent to an activating group) is 1. The van der Waals surface area contributed by atoms with Gasteiger partial charge in [0.25, 0.3) is 5.91 Å². The van der Waals surface area contributed by atoms with Crippen LogP contribution in [0.1, 0.15) is 34.5 Å². The smallest absolute Gasteiger partial charge is 0.326 e. The van der Waals surface area contributed by atoms with Crippen LogP contribution >= 0.6 is 0 Å². The molecule has 1 aliphatic rings. The SMILES string of the molecule is CCN(C(C(=O)O)c1ccc(F)c(F)c1)S(=O)(=O)c1ccc2c(c1)C(=O)NCC2. The third-order valence-electron chi connectivity index (χ3n) is 4.71. The number of sulfonamides is 1. The van der Waals surface area contributed by atoms with Crippen LogP contribution in [0.5, 0.6) is 0 Å². The Morgan fingerprint density at radius 1 is 1.21 bits per heavy atom. The maximum Gasteiger partial charge on any atom is 0.326 e. The summed E-state index contributed by atoms with van der Waals surface area (Å²) in [6.45, 7) is 1.62. The van der Waals surface area contributed by atoms with Gasteiger partial charge in [0.1, 0.15) is 6.04 Å². The molecule has 2 N–H and O–H groups in total. The van der Waals surface area contributed by atoms with Crippen molar-refractivity contribution in [1.29, 1.82) is 0 Å². The zero-order valence-corrected chi connectivity index (χ0v) is 16.2. The zero-order chi connectivity index (χ0) is 21.3. The van der Waals surface area contributed by atoms with E-state index in [1.54, 1.807) is 0 Å². The maximum atomic E-state index is 13.6. The number of hydrogen-bond donors (Lipinski definition) is 2. The highest BCUT2D eigenvalue weighted by Crippen LogP contribution is 2.30. The molecule has 3 rings (SSSR count). The Kier molecular flexibility index (Phi) is 5.67. The van der Waals surface area contributed by atoms with Gasteiger partial charge >= 0.3 is 5.97 Å². The fourth-order valence-corrected chi connectivity index (χ4v) is 4.90. The molecule has 0 spiro atoms. The Labute approximate surface area is 166 Å². The Morgan fingerprint density at radius 3 is 2.55 bits per heavy atom. The highest BCUT2D eigenvalue weighted by atomic mass is 32.2. The third-order valence-corrected chi connectivity index (χ3v) is 6.64. The van der Waals surface area contributed by atoms with Crippen LogP contribution in [-0.2, 0) is 21.2 Å². The largest absolute Gasteiger partial charge is 0.480 e. The van der Waals surface area contributed by atoms with Gasteiger partial charge in [0.15, 0.2) is 11.6 Å². The predicted molar refractivity (Wildman–Crippen MR) is 98.8 cm³/mol. The number of hydrogen-bond acceptors (Lipinski definition) is 4. The number of halogens is 2. The van der Waals surface area contributed by atoms with Crippen molar-refractivity contribution < 1.29 is 31.9 Å². The average molecular weight is 424 g/mol. The van der Waals surface area contributed by atoms with Crippen LogP contribution in [0.4, 0.5) is 8.78 Å². The van der Waals surface area contributed by atoms with Crippen LogP contribution in [0.2, 0.25) is 0 Å². The second-order valence-electron chi connectivity index (χ2n) is 6.45. The predicted octanol–water partition coefficient (Wildman–Crippen LogP) is 2.09. The van der Waals surface area contributed by atoms with Crippen LogP contribution in [0.3, 0.4) is 0 Å². The van der Waals surface area contributed by atoms with E-state index >= 15 is 0 Å². The molecule has 1 unspecified atom stereocenters. The van der Waals surface area contributed by atoms with Crippen LogP contribution in [-0.4, -0.2) is 42.8 Å². The van der Waals surface area contributed by atoms with E-state index in [1.165, 1.54) is 25.1 Å². The first kappa shape index (κ1) is 20.9. The lowest BCUT2D eigenvalue weighted by molar-refractivity contribution is -0.141. The highest BCUT2D eigenvalue weighted by Gasteiger charge is 2.37. The van der Waals surface area contributed by atoms with E-state index in [0.717, 1.165) is 12.1 Å². The molecule has 1 heterocycles. The summed E-state index contributed by atoms with van der Waals surface area (Å²) in [6, 6.07) is 4.67. The van der Waals surface area contributed by atoms with Gasteiger partial charge in [0.2, 0.25) is 10.0 Å². The number of carboxylic acid groups (broad SMARTS) is 1. The van der Waals surface area contributed by atoms with E-state index in [-0.39, 0.29) is 22.6 Å². The molecule has 2 aromatic carbocycles. The molecule has 29 heavy (non-hydrogen) atoms. The highest BCUT2D eigenvalue weighted by molar-refractivity contribution is 7.89. The fraction of sp³-hybridized carbons (Fsp3) is 0.263. The summed E-state index contributed by atoms with van der Waals surface area (Å²) in [5, 5.41) is 12.3. The lowest BCUT2D eigenvalue weighted by atomic mass is 10.0. The number of carbonyl (C=O) groups is 2. The minimum atomic E-state index is -4.37. The lowest BCUT2D eigenvalue weighted by Gasteiger charge is -2.28. The van der Waals surface area contributed by atoms with Crippen molar-refractivity contribution in [2.45, 2.75) is 24.3 Å². The van der Waals surface area contributed by atoms with E-state index < -0.39 is 39.6 Å². The number of carbonyl (C=O) groups excluding carboxylic acids is 1. The van der Waals surface area contributed by atoms with Gasteiger partial charge in [-0.3, -0.25) is 9.59 Å². The Morgan fingerprint density at radius 2 is 1.93 bits per heavy atom. The molecule has 1 atom stereocenters. The molecule has 2 aromatic rings. The zero-order valence-electron chi connectivity index (χ0n) is 15.4. The molecule has 1 aliphatic heterocycles. The van der Waals surface area contributed by atoms with Gasteiger partial charge in [-0.05, 0) is 41.8 Å². The van der Waals surface area contributed by atoms with Gasteiger partial charge in [0, 0.05) is 18.7 Å². The molecule has 0 aromatic heterocycles. The molecule has 7 nitrogen and oxygen atoms in total. The quantitative estimate of drug-likeness (QED) is 0.739. The molecular weight excluding hydrogens is 406 g/mol. The second kappa shape index (κ2) is 7.88. The molecule has 0 saturated heterocycles. The van der Waals surface area contributed by atoms with Gasteiger partial charge < -0.3 is 10.4 Å². The van der Waals surface area contributed by atoms with Crippen molar-refractivity contribution >= 4 is 21.9 Å². The first-order valence-electron chi connectivity index (χ1n) is 8.77. The minimum absolute atomic E-state index is 0.202. The number of amides is 1. The summed E-state index contributed by atoms with van der Waals surface area (Å²) in [6.07, 6.45) is 0.547. The summed E-state index contributed by atoms with van der Waals surface area (Å²) >= 11 is 0. The summed E-state index contributed by atoms with van der Waals surface area (Å²) in [5.41, 5.74) is 0.664. The number of rotatable bonds is 6. The number of nitrogens with one attached hydrogen (secondary N) is 1. The molecular formula is C19H18F2N2O5S. The minimum Gasteiger partial charge on any atom is -0.480 e. The summed E-state index contributed by atoms with van der Waals surface area (Å²) in [5.74, 6) is -4.42. The Balaban J connectivity index is 2.09. The first-order chi connectivity index (χ1) is 13.7. The lowest BCUT2D eigenvalue weighted by Crippen LogP contribution is -2.39. The van der Waals surface area contributed by atoms with Crippen molar-refractivity contribution in [1.82, 2.24) is 9.62 Å². The standard InChI is InChI=1S/C19H18F2N2O5S/c1-2-23(17(19(25)26)12-4-6-15(20)16(21)9-12)29(27,28)13-5-3-11-7-8-22-18(24)14(11)10-13/h3-6,9-10,17H,2,7-8H2,1H3,(H,22,24)(H,25,26). The number of nitrogens with zero attached hydrogens (tertiary/aromatic N) is 1. The van der Waals surface area contributed by atoms with Gasteiger partial charge in [-0.1, -0.05) is 19.1 Å². The molecule has 0 bridgehead atoms. The van der Waals surface area contributed by atoms with Crippen molar-refractivity contribution in [3.05, 3.63) is 64.7 Å². The fourth-order valence-electron chi connectivity index (χ4n) is 3.29. The van der Waals surface area contributed by atoms with Crippen LogP contribution in [0.25, 0.3) is 0 Å². The van der Waals surface area contributed by atoms with E-state index in [9.17, 15) is 31.9 Å². The molecule has 0 saturated carbocycles. The number of benzene rings is 2. The normalized spacial score (nSPS) is 15.0. The number of aliphatic carboxylic acids is 1. The van der Waals surface area contributed by atoms with Crippen LogP contribution < -0.4 is 5.32 Å². The molecule has 0 radical (unpaired) electrons. The topological polar surface area (TPSA) is 104 Å². The number of carboxylic acids is 1. The van der Waals surface area contributed by atoms with Gasteiger partial charge in [-0.25, -0.2) is 17.2 Å². The number of fused-ring (bicyclic) bond motifs is 1.